The minimum Gasteiger partial charge on any atom is -0.351 e. The third-order valence-corrected chi connectivity index (χ3v) is 5.61. The number of rotatable bonds is 6. The molecule has 0 aliphatic carbocycles. The highest BCUT2D eigenvalue weighted by molar-refractivity contribution is 7.91. The summed E-state index contributed by atoms with van der Waals surface area (Å²) in [5, 5.41) is 2.68. The fraction of sp³-hybridized carbons (Fsp3) is 0.533. The van der Waals surface area contributed by atoms with E-state index in [0.717, 1.165) is 6.07 Å². The van der Waals surface area contributed by atoms with Crippen LogP contribution >= 0.6 is 0 Å². The third-order valence-electron chi connectivity index (χ3n) is 3.84. The minimum absolute atomic E-state index is 0.00298. The highest BCUT2D eigenvalue weighted by Crippen LogP contribution is 2.14. The normalized spacial score (nSPS) is 19.9. The van der Waals surface area contributed by atoms with Crippen molar-refractivity contribution in [3.05, 3.63) is 35.4 Å². The fourth-order valence-electron chi connectivity index (χ4n) is 2.58. The Labute approximate surface area is 134 Å². The molecular weight excluding hydrogens is 326 g/mol. The van der Waals surface area contributed by atoms with Crippen molar-refractivity contribution in [2.75, 3.05) is 24.6 Å². The van der Waals surface area contributed by atoms with Crippen molar-refractivity contribution in [2.24, 2.45) is 0 Å². The van der Waals surface area contributed by atoms with Gasteiger partial charge in [0, 0.05) is 18.2 Å². The van der Waals surface area contributed by atoms with Gasteiger partial charge in [-0.2, -0.15) is 0 Å². The molecule has 1 heterocycles. The van der Waals surface area contributed by atoms with Gasteiger partial charge in [0.05, 0.1) is 18.1 Å². The first kappa shape index (κ1) is 17.8. The molecule has 1 aromatic carbocycles. The zero-order valence-electron chi connectivity index (χ0n) is 12.9. The van der Waals surface area contributed by atoms with E-state index in [1.54, 1.807) is 4.90 Å². The molecular formula is C15H20F2N2O3S. The molecule has 1 N–H and O–H groups in total. The van der Waals surface area contributed by atoms with Crippen LogP contribution in [0, 0.1) is 11.6 Å². The molecule has 0 aromatic heterocycles. The molecule has 1 fully saturated rings. The molecule has 1 aliphatic rings. The number of likely N-dealkylation sites (N-methyl/N-ethyl adjacent to an activating group) is 1. The maximum Gasteiger partial charge on any atom is 0.234 e. The van der Waals surface area contributed by atoms with Crippen LogP contribution < -0.4 is 5.32 Å². The predicted octanol–water partition coefficient (Wildman–Crippen LogP) is 1.09. The summed E-state index contributed by atoms with van der Waals surface area (Å²) in [7, 11) is -3.05. The Morgan fingerprint density at radius 1 is 1.39 bits per heavy atom. The second-order valence-electron chi connectivity index (χ2n) is 5.68. The molecule has 2 rings (SSSR count). The molecule has 0 spiro atoms. The van der Waals surface area contributed by atoms with Gasteiger partial charge in [0.15, 0.2) is 21.5 Å². The van der Waals surface area contributed by atoms with E-state index in [0.29, 0.717) is 13.0 Å². The second kappa shape index (κ2) is 7.35. The van der Waals surface area contributed by atoms with Crippen LogP contribution in [0.15, 0.2) is 18.2 Å². The Kier molecular flexibility index (Phi) is 5.69. The van der Waals surface area contributed by atoms with Crippen molar-refractivity contribution in [2.45, 2.75) is 25.9 Å². The number of benzene rings is 1. The van der Waals surface area contributed by atoms with Crippen molar-refractivity contribution in [1.82, 2.24) is 10.2 Å². The zero-order chi connectivity index (χ0) is 17.0. The Morgan fingerprint density at radius 3 is 2.74 bits per heavy atom. The standard InChI is InChI=1S/C15H20F2N2O3S/c1-2-19(8-11-4-3-5-13(16)15(11)17)9-14(20)18-12-6-7-23(21,22)10-12/h3-5,12H,2,6-10H2,1H3,(H,18,20)/t12-/m0/s1. The number of carbonyl (C=O) groups is 1. The van der Waals surface area contributed by atoms with Gasteiger partial charge in [0.1, 0.15) is 0 Å². The molecule has 0 bridgehead atoms. The Morgan fingerprint density at radius 2 is 2.13 bits per heavy atom. The zero-order valence-corrected chi connectivity index (χ0v) is 13.7. The van der Waals surface area contributed by atoms with Crippen LogP contribution in [0.2, 0.25) is 0 Å². The van der Waals surface area contributed by atoms with Crippen LogP contribution in [-0.4, -0.2) is 49.9 Å². The van der Waals surface area contributed by atoms with Gasteiger partial charge >= 0.3 is 0 Å². The summed E-state index contributed by atoms with van der Waals surface area (Å²) in [6.45, 7) is 2.40. The average molecular weight is 346 g/mol. The molecule has 1 aliphatic heterocycles. The monoisotopic (exact) mass is 346 g/mol. The van der Waals surface area contributed by atoms with Crippen LogP contribution in [-0.2, 0) is 21.2 Å². The van der Waals surface area contributed by atoms with E-state index in [9.17, 15) is 22.0 Å². The maximum atomic E-state index is 13.7. The molecule has 0 unspecified atom stereocenters. The number of halogens is 2. The molecule has 1 amide bonds. The minimum atomic E-state index is -3.05. The van der Waals surface area contributed by atoms with Gasteiger partial charge in [-0.15, -0.1) is 0 Å². The van der Waals surface area contributed by atoms with E-state index in [1.165, 1.54) is 12.1 Å². The highest BCUT2D eigenvalue weighted by atomic mass is 32.2. The number of nitrogens with zero attached hydrogens (tertiary/aromatic N) is 1. The first-order valence-corrected chi connectivity index (χ1v) is 9.28. The first-order valence-electron chi connectivity index (χ1n) is 7.45. The van der Waals surface area contributed by atoms with Crippen LogP contribution in [0.5, 0.6) is 0 Å². The van der Waals surface area contributed by atoms with Gasteiger partial charge in [-0.05, 0) is 19.0 Å². The molecule has 5 nitrogen and oxygen atoms in total. The van der Waals surface area contributed by atoms with Crippen LogP contribution in [0.1, 0.15) is 18.9 Å². The van der Waals surface area contributed by atoms with Crippen LogP contribution in [0.4, 0.5) is 8.78 Å². The van der Waals surface area contributed by atoms with E-state index in [4.69, 9.17) is 0 Å². The lowest BCUT2D eigenvalue weighted by Crippen LogP contribution is -2.42. The topological polar surface area (TPSA) is 66.5 Å². The third kappa shape index (κ3) is 4.97. The lowest BCUT2D eigenvalue weighted by Gasteiger charge is -2.21. The number of carbonyl (C=O) groups excluding carboxylic acids is 1. The van der Waals surface area contributed by atoms with Crippen LogP contribution in [0.25, 0.3) is 0 Å². The summed E-state index contributed by atoms with van der Waals surface area (Å²) in [5.74, 6) is -2.09. The fourth-order valence-corrected chi connectivity index (χ4v) is 4.25. The smallest absolute Gasteiger partial charge is 0.234 e. The summed E-state index contributed by atoms with van der Waals surface area (Å²) in [4.78, 5) is 13.7. The Bertz CT molecular complexity index is 679. The lowest BCUT2D eigenvalue weighted by atomic mass is 10.2. The van der Waals surface area contributed by atoms with E-state index >= 15 is 0 Å². The molecule has 1 saturated heterocycles. The Balaban J connectivity index is 1.91. The largest absolute Gasteiger partial charge is 0.351 e. The van der Waals surface area contributed by atoms with Crippen LogP contribution in [0.3, 0.4) is 0 Å². The molecule has 8 heteroatoms. The van der Waals surface area contributed by atoms with Gasteiger partial charge in [-0.25, -0.2) is 17.2 Å². The SMILES string of the molecule is CCN(CC(=O)N[C@H]1CCS(=O)(=O)C1)Cc1cccc(F)c1F. The van der Waals surface area contributed by atoms with E-state index in [2.05, 4.69) is 5.32 Å². The molecule has 1 aromatic rings. The molecule has 0 saturated carbocycles. The summed E-state index contributed by atoms with van der Waals surface area (Å²) < 4.78 is 49.6. The molecule has 0 radical (unpaired) electrons. The molecule has 128 valence electrons. The number of hydrogen-bond acceptors (Lipinski definition) is 4. The van der Waals surface area contributed by atoms with E-state index < -0.39 is 21.5 Å². The molecule has 1 atom stereocenters. The van der Waals surface area contributed by atoms with Crippen molar-refractivity contribution < 1.29 is 22.0 Å². The lowest BCUT2D eigenvalue weighted by molar-refractivity contribution is -0.122. The van der Waals surface area contributed by atoms with Crippen molar-refractivity contribution in [1.29, 1.82) is 0 Å². The number of amides is 1. The second-order valence-corrected chi connectivity index (χ2v) is 7.91. The number of sulfone groups is 1. The Hall–Kier alpha value is -1.54. The van der Waals surface area contributed by atoms with Gasteiger partial charge in [-0.1, -0.05) is 19.1 Å². The van der Waals surface area contributed by atoms with E-state index in [1.807, 2.05) is 6.92 Å². The first-order chi connectivity index (χ1) is 10.8. The van der Waals surface area contributed by atoms with Gasteiger partial charge in [0.25, 0.3) is 0 Å². The molecule has 23 heavy (non-hydrogen) atoms. The predicted molar refractivity (Wildman–Crippen MR) is 82.5 cm³/mol. The number of nitrogens with one attached hydrogen (secondary N) is 1. The van der Waals surface area contributed by atoms with Gasteiger partial charge < -0.3 is 5.32 Å². The van der Waals surface area contributed by atoms with Crippen molar-refractivity contribution >= 4 is 15.7 Å². The summed E-state index contributed by atoms with van der Waals surface area (Å²) >= 11 is 0. The quantitative estimate of drug-likeness (QED) is 0.837. The average Bonchev–Trinajstić information content (AvgIpc) is 2.81. The maximum absolute atomic E-state index is 13.7. The van der Waals surface area contributed by atoms with Crippen molar-refractivity contribution in [3.8, 4) is 0 Å². The van der Waals surface area contributed by atoms with Crippen molar-refractivity contribution in [3.63, 3.8) is 0 Å². The van der Waals surface area contributed by atoms with Gasteiger partial charge in [0.2, 0.25) is 5.91 Å². The number of hydrogen-bond donors (Lipinski definition) is 1. The summed E-state index contributed by atoms with van der Waals surface area (Å²) in [6, 6.07) is 3.58. The van der Waals surface area contributed by atoms with Gasteiger partial charge in [-0.3, -0.25) is 9.69 Å². The van der Waals surface area contributed by atoms with E-state index in [-0.39, 0.29) is 42.1 Å². The summed E-state index contributed by atoms with van der Waals surface area (Å²) in [5.41, 5.74) is 0.183. The highest BCUT2D eigenvalue weighted by Gasteiger charge is 2.29. The summed E-state index contributed by atoms with van der Waals surface area (Å²) in [6.07, 6.45) is 0.415.